The summed E-state index contributed by atoms with van der Waals surface area (Å²) in [7, 11) is 0. The fourth-order valence-electron chi connectivity index (χ4n) is 3.60. The van der Waals surface area contributed by atoms with E-state index in [0.717, 1.165) is 29.0 Å². The summed E-state index contributed by atoms with van der Waals surface area (Å²) >= 11 is 0. The maximum absolute atomic E-state index is 13.0. The first-order chi connectivity index (χ1) is 14.4. The van der Waals surface area contributed by atoms with Gasteiger partial charge in [0, 0.05) is 19.5 Å². The Morgan fingerprint density at radius 2 is 1.87 bits per heavy atom. The molecule has 3 rings (SSSR count). The van der Waals surface area contributed by atoms with Crippen molar-refractivity contribution < 1.29 is 23.3 Å². The molecule has 1 aromatic heterocycles. The van der Waals surface area contributed by atoms with Crippen molar-refractivity contribution in [2.24, 2.45) is 0 Å². The molecule has 3 aromatic rings. The van der Waals surface area contributed by atoms with Gasteiger partial charge in [0.05, 0.1) is 18.7 Å². The number of ether oxygens (including phenoxy) is 1. The molecular formula is C23H27FN3O3+. The second-order valence-electron chi connectivity index (χ2n) is 7.03. The molecule has 6 nitrogen and oxygen atoms in total. The van der Waals surface area contributed by atoms with Gasteiger partial charge in [-0.3, -0.25) is 4.79 Å². The lowest BCUT2D eigenvalue weighted by atomic mass is 10.1. The number of benzene rings is 2. The molecule has 0 saturated carbocycles. The molecule has 0 spiro atoms. The van der Waals surface area contributed by atoms with Crippen LogP contribution in [-0.2, 0) is 29.0 Å². The number of amides is 1. The van der Waals surface area contributed by atoms with Gasteiger partial charge in [-0.1, -0.05) is 12.1 Å². The molecule has 7 heteroatoms. The van der Waals surface area contributed by atoms with E-state index in [1.54, 1.807) is 31.2 Å². The molecule has 0 bridgehead atoms. The number of halogens is 1. The number of nitrogens with one attached hydrogen (secondary N) is 1. The summed E-state index contributed by atoms with van der Waals surface area (Å²) < 4.78 is 22.1. The fraction of sp³-hybridized carbons (Fsp3) is 0.348. The summed E-state index contributed by atoms with van der Waals surface area (Å²) in [5.74, 6) is 0.157. The van der Waals surface area contributed by atoms with Crippen LogP contribution in [0.2, 0.25) is 0 Å². The second kappa shape index (κ2) is 9.52. The van der Waals surface area contributed by atoms with Crippen LogP contribution in [0, 0.1) is 12.7 Å². The van der Waals surface area contributed by atoms with Gasteiger partial charge in [0.1, 0.15) is 5.82 Å². The minimum Gasteiger partial charge on any atom is -0.462 e. The van der Waals surface area contributed by atoms with E-state index in [1.165, 1.54) is 12.1 Å². The normalized spacial score (nSPS) is 10.9. The molecule has 0 fully saturated rings. The van der Waals surface area contributed by atoms with Gasteiger partial charge in [0.15, 0.2) is 17.6 Å². The van der Waals surface area contributed by atoms with Crippen molar-refractivity contribution in [3.8, 4) is 0 Å². The number of rotatable bonds is 8. The highest BCUT2D eigenvalue weighted by atomic mass is 19.1. The highest BCUT2D eigenvalue weighted by molar-refractivity contribution is 5.93. The van der Waals surface area contributed by atoms with Crippen LogP contribution in [-0.4, -0.2) is 29.6 Å². The van der Waals surface area contributed by atoms with Gasteiger partial charge in [0.2, 0.25) is 0 Å². The third-order valence-electron chi connectivity index (χ3n) is 5.12. The topological polar surface area (TPSA) is 64.2 Å². The Morgan fingerprint density at radius 3 is 2.53 bits per heavy atom. The molecule has 1 heterocycles. The van der Waals surface area contributed by atoms with Crippen molar-refractivity contribution in [2.45, 2.75) is 40.3 Å². The largest absolute Gasteiger partial charge is 0.462 e. The van der Waals surface area contributed by atoms with E-state index in [9.17, 15) is 14.0 Å². The van der Waals surface area contributed by atoms with Crippen molar-refractivity contribution in [3.05, 3.63) is 65.2 Å². The predicted octanol–water partition coefficient (Wildman–Crippen LogP) is 2.93. The number of aryl methyl sites for hydroxylation is 1. The molecule has 0 atom stereocenters. The molecule has 1 amide bonds. The van der Waals surface area contributed by atoms with Crippen molar-refractivity contribution in [1.82, 2.24) is 9.88 Å². The monoisotopic (exact) mass is 412 g/mol. The highest BCUT2D eigenvalue weighted by Crippen LogP contribution is 2.17. The Hall–Kier alpha value is -3.22. The standard InChI is InChI=1S/C23H26FN3O3/c1-4-26-16(3)27(21-14-18(8-11-20(21)26)23(29)30-5-2)15-22(28)25-13-12-17-6-9-19(24)10-7-17/h6-11,14H,4-5,12-13,15H2,1-3H3/p+1. The first-order valence-corrected chi connectivity index (χ1v) is 10.2. The van der Waals surface area contributed by atoms with Gasteiger partial charge in [-0.2, -0.15) is 0 Å². The Kier molecular flexibility index (Phi) is 6.82. The Bertz CT molecular complexity index is 1060. The van der Waals surface area contributed by atoms with Gasteiger partial charge in [-0.15, -0.1) is 0 Å². The molecular weight excluding hydrogens is 385 g/mol. The molecule has 0 aliphatic carbocycles. The highest BCUT2D eigenvalue weighted by Gasteiger charge is 2.24. The van der Waals surface area contributed by atoms with Crippen LogP contribution in [0.25, 0.3) is 11.0 Å². The molecule has 0 radical (unpaired) electrons. The molecule has 0 aliphatic rings. The van der Waals surface area contributed by atoms with E-state index < -0.39 is 0 Å². The number of hydrogen-bond donors (Lipinski definition) is 1. The zero-order valence-corrected chi connectivity index (χ0v) is 17.6. The quantitative estimate of drug-likeness (QED) is 0.457. The third-order valence-corrected chi connectivity index (χ3v) is 5.12. The second-order valence-corrected chi connectivity index (χ2v) is 7.03. The lowest BCUT2D eigenvalue weighted by molar-refractivity contribution is -0.674. The summed E-state index contributed by atoms with van der Waals surface area (Å²) in [6.45, 7) is 7.43. The van der Waals surface area contributed by atoms with E-state index in [-0.39, 0.29) is 24.2 Å². The first kappa shape index (κ1) is 21.5. The lowest BCUT2D eigenvalue weighted by Crippen LogP contribution is -2.36. The number of aromatic nitrogens is 2. The van der Waals surface area contributed by atoms with Crippen molar-refractivity contribution >= 4 is 22.9 Å². The lowest BCUT2D eigenvalue weighted by Gasteiger charge is -2.06. The molecule has 158 valence electrons. The predicted molar refractivity (Wildman–Crippen MR) is 112 cm³/mol. The van der Waals surface area contributed by atoms with Gasteiger partial charge in [-0.25, -0.2) is 18.3 Å². The van der Waals surface area contributed by atoms with Gasteiger partial charge >= 0.3 is 5.97 Å². The molecule has 0 aliphatic heterocycles. The fourth-order valence-corrected chi connectivity index (χ4v) is 3.60. The first-order valence-electron chi connectivity index (χ1n) is 10.2. The number of carbonyl (C=O) groups excluding carboxylic acids is 2. The van der Waals surface area contributed by atoms with Crippen LogP contribution in [0.4, 0.5) is 4.39 Å². The average Bonchev–Trinajstić information content (AvgIpc) is 3.00. The summed E-state index contributed by atoms with van der Waals surface area (Å²) in [6.07, 6.45) is 0.624. The number of hydrogen-bond acceptors (Lipinski definition) is 3. The zero-order valence-electron chi connectivity index (χ0n) is 17.6. The van der Waals surface area contributed by atoms with E-state index in [0.29, 0.717) is 25.1 Å². The third kappa shape index (κ3) is 4.67. The van der Waals surface area contributed by atoms with Crippen LogP contribution in [0.1, 0.15) is 35.6 Å². The molecule has 0 saturated heterocycles. The SMILES string of the molecule is CCOC(=O)c1ccc2c(c1)n(CC(=O)NCCc1ccc(F)cc1)c(C)[n+]2CC. The van der Waals surface area contributed by atoms with Crippen molar-refractivity contribution in [1.29, 1.82) is 0 Å². The summed E-state index contributed by atoms with van der Waals surface area (Å²) in [5.41, 5.74) is 3.20. The minimum atomic E-state index is -0.378. The summed E-state index contributed by atoms with van der Waals surface area (Å²) in [5, 5.41) is 2.92. The minimum absolute atomic E-state index is 0.123. The maximum atomic E-state index is 13.0. The van der Waals surface area contributed by atoms with Crippen LogP contribution < -0.4 is 9.88 Å². The van der Waals surface area contributed by atoms with Crippen molar-refractivity contribution in [2.75, 3.05) is 13.2 Å². The number of carbonyl (C=O) groups is 2. The Morgan fingerprint density at radius 1 is 1.13 bits per heavy atom. The van der Waals surface area contributed by atoms with Crippen LogP contribution in [0.3, 0.4) is 0 Å². The zero-order chi connectivity index (χ0) is 21.7. The van der Waals surface area contributed by atoms with Crippen molar-refractivity contribution in [3.63, 3.8) is 0 Å². The Balaban J connectivity index is 1.77. The van der Waals surface area contributed by atoms with E-state index in [4.69, 9.17) is 4.74 Å². The summed E-state index contributed by atoms with van der Waals surface area (Å²) in [4.78, 5) is 24.7. The molecule has 0 unspecified atom stereocenters. The van der Waals surface area contributed by atoms with E-state index in [1.807, 2.05) is 24.5 Å². The van der Waals surface area contributed by atoms with Crippen LogP contribution in [0.5, 0.6) is 0 Å². The number of imidazole rings is 1. The number of nitrogens with zero attached hydrogens (tertiary/aromatic N) is 2. The molecule has 30 heavy (non-hydrogen) atoms. The van der Waals surface area contributed by atoms with Gasteiger partial charge in [-0.05, 0) is 50.1 Å². The van der Waals surface area contributed by atoms with Crippen LogP contribution in [0.15, 0.2) is 42.5 Å². The number of esters is 1. The van der Waals surface area contributed by atoms with E-state index in [2.05, 4.69) is 9.88 Å². The molecule has 1 N–H and O–H groups in total. The number of fused-ring (bicyclic) bond motifs is 1. The van der Waals surface area contributed by atoms with Gasteiger partial charge in [0.25, 0.3) is 11.7 Å². The van der Waals surface area contributed by atoms with Gasteiger partial charge < -0.3 is 10.1 Å². The van der Waals surface area contributed by atoms with Crippen LogP contribution >= 0.6 is 0 Å². The summed E-state index contributed by atoms with van der Waals surface area (Å²) in [6, 6.07) is 11.7. The average molecular weight is 412 g/mol. The Labute approximate surface area is 175 Å². The van der Waals surface area contributed by atoms with E-state index >= 15 is 0 Å². The maximum Gasteiger partial charge on any atom is 0.338 e. The smallest absolute Gasteiger partial charge is 0.338 e. The molecule has 2 aromatic carbocycles.